The van der Waals surface area contributed by atoms with Crippen LogP contribution in [-0.2, 0) is 9.53 Å². The van der Waals surface area contributed by atoms with Gasteiger partial charge in [0.05, 0.1) is 0 Å². The summed E-state index contributed by atoms with van der Waals surface area (Å²) in [6.07, 6.45) is 28.9. The molecule has 28 heavy (non-hydrogen) atoms. The highest BCUT2D eigenvalue weighted by Gasteiger charge is 2.32. The Hall–Kier alpha value is -1.35. The highest BCUT2D eigenvalue weighted by atomic mass is 16.7. The Morgan fingerprint density at radius 2 is 1.39 bits per heavy atom. The van der Waals surface area contributed by atoms with Gasteiger partial charge in [0.2, 0.25) is 5.79 Å². The van der Waals surface area contributed by atoms with Crippen LogP contribution in [0.25, 0.3) is 0 Å². The van der Waals surface area contributed by atoms with Crippen molar-refractivity contribution in [1.29, 1.82) is 0 Å². The number of cyclic esters (lactones) is 1. The first-order valence-corrected chi connectivity index (χ1v) is 11.5. The van der Waals surface area contributed by atoms with Crippen LogP contribution >= 0.6 is 0 Å². The molecule has 3 heteroatoms. The van der Waals surface area contributed by atoms with E-state index in [0.717, 1.165) is 32.1 Å². The maximum atomic E-state index is 11.5. The molecule has 1 atom stereocenters. The van der Waals surface area contributed by atoms with Gasteiger partial charge in [0.15, 0.2) is 0 Å². The highest BCUT2D eigenvalue weighted by molar-refractivity contribution is 5.91. The minimum Gasteiger partial charge on any atom is -0.426 e. The zero-order valence-corrected chi connectivity index (χ0v) is 18.3. The van der Waals surface area contributed by atoms with Crippen LogP contribution in [0, 0.1) is 0 Å². The van der Waals surface area contributed by atoms with Gasteiger partial charge in [-0.15, -0.1) is 0 Å². The van der Waals surface area contributed by atoms with Crippen LogP contribution in [0.3, 0.4) is 0 Å². The Balaban J connectivity index is 1.87. The van der Waals surface area contributed by atoms with E-state index in [4.69, 9.17) is 4.74 Å². The first-order chi connectivity index (χ1) is 13.5. The topological polar surface area (TPSA) is 46.5 Å². The maximum absolute atomic E-state index is 11.5. The number of aliphatic hydroxyl groups is 1. The standard InChI is InChI=1S/C25H42O3/c1-3-4-5-6-7-8-9-10-11-12-13-14-15-16-17-18-19-20-21-23-22-25(2,27)28-24(23)26/h12-13,15-16,22,27H,3-11,14,17-21H2,1-2H3/b13-12-,16-15-. The Morgan fingerprint density at radius 3 is 1.93 bits per heavy atom. The van der Waals surface area contributed by atoms with E-state index in [-0.39, 0.29) is 5.97 Å². The van der Waals surface area contributed by atoms with Gasteiger partial charge in [0.1, 0.15) is 0 Å². The average molecular weight is 391 g/mol. The molecule has 0 radical (unpaired) electrons. The smallest absolute Gasteiger partial charge is 0.336 e. The molecule has 0 fully saturated rings. The van der Waals surface area contributed by atoms with E-state index >= 15 is 0 Å². The Kier molecular flexibility index (Phi) is 13.7. The molecule has 0 spiro atoms. The quantitative estimate of drug-likeness (QED) is 0.163. The van der Waals surface area contributed by atoms with Crippen molar-refractivity contribution in [2.45, 2.75) is 116 Å². The summed E-state index contributed by atoms with van der Waals surface area (Å²) < 4.78 is 4.86. The number of esters is 1. The van der Waals surface area contributed by atoms with E-state index in [9.17, 15) is 9.90 Å². The molecule has 0 aliphatic carbocycles. The third-order valence-corrected chi connectivity index (χ3v) is 5.15. The minimum absolute atomic E-state index is 0.372. The summed E-state index contributed by atoms with van der Waals surface area (Å²) in [6.45, 7) is 3.76. The first-order valence-electron chi connectivity index (χ1n) is 11.5. The molecule has 0 saturated heterocycles. The minimum atomic E-state index is -1.41. The van der Waals surface area contributed by atoms with E-state index in [1.54, 1.807) is 0 Å². The number of rotatable bonds is 17. The Labute approximate surface area is 172 Å². The van der Waals surface area contributed by atoms with Gasteiger partial charge in [-0.1, -0.05) is 82.6 Å². The molecule has 1 heterocycles. The zero-order chi connectivity index (χ0) is 20.5. The fourth-order valence-electron chi connectivity index (χ4n) is 3.50. The number of hydrogen-bond donors (Lipinski definition) is 1. The van der Waals surface area contributed by atoms with Gasteiger partial charge in [-0.2, -0.15) is 0 Å². The fraction of sp³-hybridized carbons (Fsp3) is 0.720. The van der Waals surface area contributed by atoms with E-state index < -0.39 is 5.79 Å². The van der Waals surface area contributed by atoms with Crippen molar-refractivity contribution in [3.8, 4) is 0 Å². The van der Waals surface area contributed by atoms with Gasteiger partial charge in [-0.25, -0.2) is 4.79 Å². The molecule has 1 N–H and O–H groups in total. The predicted octanol–water partition coefficient (Wildman–Crippen LogP) is 7.16. The summed E-state index contributed by atoms with van der Waals surface area (Å²) in [6, 6.07) is 0. The molecule has 1 unspecified atom stereocenters. The predicted molar refractivity (Wildman–Crippen MR) is 118 cm³/mol. The van der Waals surface area contributed by atoms with Crippen LogP contribution in [0.2, 0.25) is 0 Å². The summed E-state index contributed by atoms with van der Waals surface area (Å²) in [5.41, 5.74) is 0.613. The van der Waals surface area contributed by atoms with Crippen LogP contribution in [0.1, 0.15) is 110 Å². The molecule has 0 saturated carbocycles. The van der Waals surface area contributed by atoms with Crippen LogP contribution in [0.15, 0.2) is 36.0 Å². The number of allylic oxidation sites excluding steroid dienone is 4. The van der Waals surface area contributed by atoms with Crippen LogP contribution in [-0.4, -0.2) is 16.9 Å². The lowest BCUT2D eigenvalue weighted by Gasteiger charge is -2.11. The molecule has 1 aliphatic heterocycles. The Morgan fingerprint density at radius 1 is 0.857 bits per heavy atom. The summed E-state index contributed by atoms with van der Waals surface area (Å²) in [5, 5.41) is 9.65. The van der Waals surface area contributed by atoms with Crippen molar-refractivity contribution in [2.24, 2.45) is 0 Å². The average Bonchev–Trinajstić information content (AvgIpc) is 2.92. The van der Waals surface area contributed by atoms with Gasteiger partial charge in [-0.05, 0) is 51.0 Å². The van der Waals surface area contributed by atoms with Crippen molar-refractivity contribution < 1.29 is 14.6 Å². The second-order valence-electron chi connectivity index (χ2n) is 8.16. The summed E-state index contributed by atoms with van der Waals surface area (Å²) >= 11 is 0. The van der Waals surface area contributed by atoms with Gasteiger partial charge >= 0.3 is 5.97 Å². The largest absolute Gasteiger partial charge is 0.426 e. The summed E-state index contributed by atoms with van der Waals surface area (Å²) in [4.78, 5) is 11.5. The molecule has 160 valence electrons. The number of unbranched alkanes of at least 4 members (excludes halogenated alkanes) is 11. The summed E-state index contributed by atoms with van der Waals surface area (Å²) in [7, 11) is 0. The molecule has 0 aromatic heterocycles. The SMILES string of the molecule is CCCCCCCCCC/C=C\C/C=C\CCCCCC1=CC(C)(O)OC1=O. The summed E-state index contributed by atoms with van der Waals surface area (Å²) in [5.74, 6) is -1.78. The molecule has 0 aromatic rings. The second-order valence-corrected chi connectivity index (χ2v) is 8.16. The van der Waals surface area contributed by atoms with Gasteiger partial charge in [0, 0.05) is 12.5 Å². The van der Waals surface area contributed by atoms with E-state index in [0.29, 0.717) is 12.0 Å². The van der Waals surface area contributed by atoms with Crippen LogP contribution in [0.5, 0.6) is 0 Å². The highest BCUT2D eigenvalue weighted by Crippen LogP contribution is 2.25. The van der Waals surface area contributed by atoms with Gasteiger partial charge in [0.25, 0.3) is 0 Å². The van der Waals surface area contributed by atoms with Crippen molar-refractivity contribution in [2.75, 3.05) is 0 Å². The van der Waals surface area contributed by atoms with Crippen molar-refractivity contribution in [1.82, 2.24) is 0 Å². The molecule has 0 bridgehead atoms. The van der Waals surface area contributed by atoms with Crippen LogP contribution in [0.4, 0.5) is 0 Å². The number of carbonyl (C=O) groups excluding carboxylic acids is 1. The zero-order valence-electron chi connectivity index (χ0n) is 18.3. The number of ether oxygens (including phenoxy) is 1. The lowest BCUT2D eigenvalue weighted by Crippen LogP contribution is -2.22. The fourth-order valence-corrected chi connectivity index (χ4v) is 3.50. The maximum Gasteiger partial charge on any atom is 0.336 e. The first kappa shape index (κ1) is 24.7. The van der Waals surface area contributed by atoms with Gasteiger partial charge < -0.3 is 9.84 Å². The van der Waals surface area contributed by atoms with Crippen molar-refractivity contribution in [3.05, 3.63) is 36.0 Å². The lowest BCUT2D eigenvalue weighted by molar-refractivity contribution is -0.172. The second kappa shape index (κ2) is 15.6. The Bertz CT molecular complexity index is 500. The third kappa shape index (κ3) is 12.9. The molecule has 3 nitrogen and oxygen atoms in total. The van der Waals surface area contributed by atoms with Crippen molar-refractivity contribution in [3.63, 3.8) is 0 Å². The monoisotopic (exact) mass is 390 g/mol. The van der Waals surface area contributed by atoms with E-state index in [1.807, 2.05) is 0 Å². The number of carbonyl (C=O) groups is 1. The molecule has 1 rings (SSSR count). The molecular weight excluding hydrogens is 348 g/mol. The molecule has 0 amide bonds. The lowest BCUT2D eigenvalue weighted by atomic mass is 10.1. The number of hydrogen-bond acceptors (Lipinski definition) is 3. The van der Waals surface area contributed by atoms with Crippen molar-refractivity contribution >= 4 is 5.97 Å². The van der Waals surface area contributed by atoms with E-state index in [1.165, 1.54) is 70.8 Å². The molecule has 0 aromatic carbocycles. The van der Waals surface area contributed by atoms with E-state index in [2.05, 4.69) is 31.2 Å². The molecule has 1 aliphatic rings. The van der Waals surface area contributed by atoms with Gasteiger partial charge in [-0.3, -0.25) is 0 Å². The van der Waals surface area contributed by atoms with Crippen LogP contribution < -0.4 is 0 Å². The molecular formula is C25H42O3. The normalized spacial score (nSPS) is 19.7. The third-order valence-electron chi connectivity index (χ3n) is 5.15.